The van der Waals surface area contributed by atoms with Gasteiger partial charge in [0.2, 0.25) is 5.91 Å². The summed E-state index contributed by atoms with van der Waals surface area (Å²) in [6.45, 7) is 3.04. The summed E-state index contributed by atoms with van der Waals surface area (Å²) < 4.78 is 12.5. The van der Waals surface area contributed by atoms with Crippen LogP contribution < -0.4 is 20.5 Å². The van der Waals surface area contributed by atoms with Crippen LogP contribution in [-0.2, 0) is 16.1 Å². The zero-order chi connectivity index (χ0) is 23.5. The molecule has 3 heterocycles. The van der Waals surface area contributed by atoms with Crippen molar-refractivity contribution in [2.45, 2.75) is 6.54 Å². The zero-order valence-corrected chi connectivity index (χ0v) is 19.5. The molecule has 2 aromatic heterocycles. The van der Waals surface area contributed by atoms with Crippen LogP contribution in [-0.4, -0.2) is 48.9 Å². The average molecular weight is 477 g/mol. The van der Waals surface area contributed by atoms with E-state index in [4.69, 9.17) is 9.47 Å². The summed E-state index contributed by atoms with van der Waals surface area (Å²) in [6.07, 6.45) is 1.43. The maximum absolute atomic E-state index is 13.0. The molecule has 9 heteroatoms. The number of benzene rings is 2. The van der Waals surface area contributed by atoms with E-state index >= 15 is 0 Å². The van der Waals surface area contributed by atoms with Gasteiger partial charge in [-0.15, -0.1) is 11.3 Å². The number of anilines is 2. The molecule has 1 N–H and O–H groups in total. The van der Waals surface area contributed by atoms with Gasteiger partial charge < -0.3 is 19.7 Å². The molecule has 5 rings (SSSR count). The Morgan fingerprint density at radius 3 is 2.56 bits per heavy atom. The number of aromatic nitrogens is 2. The Bertz CT molecular complexity index is 1360. The molecule has 0 saturated carbocycles. The third-order valence-corrected chi connectivity index (χ3v) is 6.88. The molecule has 4 aromatic rings. The molecule has 8 nitrogen and oxygen atoms in total. The van der Waals surface area contributed by atoms with Gasteiger partial charge in [-0.1, -0.05) is 0 Å². The molecular weight excluding hydrogens is 452 g/mol. The number of hydrogen-bond donors (Lipinski definition) is 1. The number of ether oxygens (including phenoxy) is 2. The Morgan fingerprint density at radius 1 is 1.12 bits per heavy atom. The minimum absolute atomic E-state index is 0.108. The van der Waals surface area contributed by atoms with Crippen molar-refractivity contribution in [1.29, 1.82) is 0 Å². The van der Waals surface area contributed by atoms with Gasteiger partial charge in [-0.2, -0.15) is 0 Å². The monoisotopic (exact) mass is 476 g/mol. The molecule has 174 valence electrons. The first kappa shape index (κ1) is 22.1. The predicted molar refractivity (Wildman–Crippen MR) is 134 cm³/mol. The summed E-state index contributed by atoms with van der Waals surface area (Å²) in [4.78, 5) is 33.2. The summed E-state index contributed by atoms with van der Waals surface area (Å²) in [7, 11) is 1.62. The number of nitrogens with zero attached hydrogens (tertiary/aromatic N) is 3. The number of thiophene rings is 1. The smallest absolute Gasteiger partial charge is 0.271 e. The number of morpholine rings is 1. The largest absolute Gasteiger partial charge is 0.497 e. The fraction of sp³-hybridized carbons (Fsp3) is 0.240. The van der Waals surface area contributed by atoms with Gasteiger partial charge >= 0.3 is 0 Å². The van der Waals surface area contributed by atoms with Gasteiger partial charge in [0.25, 0.3) is 5.56 Å². The van der Waals surface area contributed by atoms with Crippen molar-refractivity contribution < 1.29 is 14.3 Å². The molecule has 0 atom stereocenters. The lowest BCUT2D eigenvalue weighted by Crippen LogP contribution is -2.36. The van der Waals surface area contributed by atoms with Crippen LogP contribution in [0.15, 0.2) is 65.7 Å². The highest BCUT2D eigenvalue weighted by Crippen LogP contribution is 2.31. The van der Waals surface area contributed by atoms with Crippen molar-refractivity contribution in [2.75, 3.05) is 43.6 Å². The lowest BCUT2D eigenvalue weighted by atomic mass is 10.2. The minimum atomic E-state index is -0.283. The normalized spacial score (nSPS) is 13.7. The third kappa shape index (κ3) is 4.66. The van der Waals surface area contributed by atoms with Gasteiger partial charge in [0, 0.05) is 29.3 Å². The molecule has 0 bridgehead atoms. The Labute approximate surface area is 200 Å². The first-order chi connectivity index (χ1) is 16.6. The fourth-order valence-corrected chi connectivity index (χ4v) is 4.95. The van der Waals surface area contributed by atoms with Gasteiger partial charge in [0.15, 0.2) is 0 Å². The number of hydrogen-bond acceptors (Lipinski definition) is 7. The van der Waals surface area contributed by atoms with E-state index in [2.05, 4.69) is 15.2 Å². The Kier molecular flexibility index (Phi) is 6.29. The lowest BCUT2D eigenvalue weighted by Gasteiger charge is -2.28. The number of rotatable bonds is 6. The van der Waals surface area contributed by atoms with Crippen molar-refractivity contribution in [1.82, 2.24) is 9.55 Å². The lowest BCUT2D eigenvalue weighted by molar-refractivity contribution is -0.116. The molecule has 34 heavy (non-hydrogen) atoms. The molecule has 1 amide bonds. The SMILES string of the molecule is COc1ccc(-c2cc3ncn(CC(=O)Nc4ccc(N5CCOCC5)cc4)c(=O)c3s2)cc1. The highest BCUT2D eigenvalue weighted by Gasteiger charge is 2.14. The Hall–Kier alpha value is -3.69. The van der Waals surface area contributed by atoms with Gasteiger partial charge in [0.1, 0.15) is 17.0 Å². The molecule has 1 saturated heterocycles. The quantitative estimate of drug-likeness (QED) is 0.458. The van der Waals surface area contributed by atoms with Crippen molar-refractivity contribution in [3.05, 3.63) is 71.3 Å². The molecule has 1 aliphatic heterocycles. The molecule has 1 aliphatic rings. The van der Waals surface area contributed by atoms with E-state index in [0.29, 0.717) is 15.9 Å². The molecule has 0 spiro atoms. The Balaban J connectivity index is 1.28. The van der Waals surface area contributed by atoms with Crippen molar-refractivity contribution in [3.63, 3.8) is 0 Å². The van der Waals surface area contributed by atoms with Gasteiger partial charge in [0.05, 0.1) is 32.2 Å². The van der Waals surface area contributed by atoms with Crippen LogP contribution in [0.2, 0.25) is 0 Å². The van der Waals surface area contributed by atoms with Crippen molar-refractivity contribution in [2.24, 2.45) is 0 Å². The minimum Gasteiger partial charge on any atom is -0.497 e. The first-order valence-electron chi connectivity index (χ1n) is 11.0. The molecular formula is C25H24N4O4S. The number of amides is 1. The van der Waals surface area contributed by atoms with E-state index in [1.165, 1.54) is 22.2 Å². The van der Waals surface area contributed by atoms with E-state index in [1.54, 1.807) is 7.11 Å². The van der Waals surface area contributed by atoms with Crippen LogP contribution in [0.25, 0.3) is 20.7 Å². The maximum Gasteiger partial charge on any atom is 0.271 e. The van der Waals surface area contributed by atoms with Gasteiger partial charge in [-0.3, -0.25) is 14.2 Å². The topological polar surface area (TPSA) is 85.7 Å². The molecule has 2 aromatic carbocycles. The summed E-state index contributed by atoms with van der Waals surface area (Å²) >= 11 is 1.37. The van der Waals surface area contributed by atoms with Crippen LogP contribution in [0.4, 0.5) is 11.4 Å². The van der Waals surface area contributed by atoms with Gasteiger partial charge in [-0.25, -0.2) is 4.98 Å². The van der Waals surface area contributed by atoms with E-state index in [9.17, 15) is 9.59 Å². The zero-order valence-electron chi connectivity index (χ0n) is 18.7. The van der Waals surface area contributed by atoms with Crippen LogP contribution in [0, 0.1) is 0 Å². The van der Waals surface area contributed by atoms with Crippen molar-refractivity contribution >= 4 is 38.8 Å². The molecule has 0 radical (unpaired) electrons. The molecule has 0 aliphatic carbocycles. The fourth-order valence-electron chi connectivity index (χ4n) is 3.89. The van der Waals surface area contributed by atoms with Crippen LogP contribution in [0.3, 0.4) is 0 Å². The highest BCUT2D eigenvalue weighted by molar-refractivity contribution is 7.22. The first-order valence-corrected chi connectivity index (χ1v) is 11.8. The average Bonchev–Trinajstić information content (AvgIpc) is 3.32. The van der Waals surface area contributed by atoms with E-state index in [1.807, 2.05) is 54.6 Å². The third-order valence-electron chi connectivity index (χ3n) is 5.72. The summed E-state index contributed by atoms with van der Waals surface area (Å²) in [6, 6.07) is 17.2. The maximum atomic E-state index is 13.0. The van der Waals surface area contributed by atoms with E-state index in [-0.39, 0.29) is 18.0 Å². The second-order valence-electron chi connectivity index (χ2n) is 7.93. The number of methoxy groups -OCH3 is 1. The van der Waals surface area contributed by atoms with Crippen LogP contribution in [0.1, 0.15) is 0 Å². The molecule has 1 fully saturated rings. The summed E-state index contributed by atoms with van der Waals surface area (Å²) in [5.74, 6) is 0.487. The standard InChI is InChI=1S/C25H24N4O4S/c1-32-20-8-2-17(3-9-20)22-14-21-24(34-22)25(31)29(16-26-21)15-23(30)27-18-4-6-19(7-5-18)28-10-12-33-13-11-28/h2-9,14,16H,10-13,15H2,1H3,(H,27,30). The highest BCUT2D eigenvalue weighted by atomic mass is 32.1. The number of nitrogens with one attached hydrogen (secondary N) is 1. The van der Waals surface area contributed by atoms with Gasteiger partial charge in [-0.05, 0) is 60.2 Å². The number of fused-ring (bicyclic) bond motifs is 1. The van der Waals surface area contributed by atoms with E-state index in [0.717, 1.165) is 48.2 Å². The number of carbonyl (C=O) groups is 1. The van der Waals surface area contributed by atoms with Crippen LogP contribution in [0.5, 0.6) is 5.75 Å². The van der Waals surface area contributed by atoms with Crippen LogP contribution >= 0.6 is 11.3 Å². The molecule has 0 unspecified atom stereocenters. The predicted octanol–water partition coefficient (Wildman–Crippen LogP) is 3.61. The second kappa shape index (κ2) is 9.66. The number of carbonyl (C=O) groups excluding carboxylic acids is 1. The van der Waals surface area contributed by atoms with Crippen molar-refractivity contribution in [3.8, 4) is 16.2 Å². The summed E-state index contributed by atoms with van der Waals surface area (Å²) in [5.41, 5.74) is 3.15. The van der Waals surface area contributed by atoms with E-state index < -0.39 is 0 Å². The summed E-state index contributed by atoms with van der Waals surface area (Å²) in [5, 5.41) is 2.86. The second-order valence-corrected chi connectivity index (χ2v) is 8.98. The Morgan fingerprint density at radius 2 is 1.85 bits per heavy atom.